The summed E-state index contributed by atoms with van der Waals surface area (Å²) in [4.78, 5) is 29.7. The van der Waals surface area contributed by atoms with Crippen LogP contribution < -0.4 is 10.6 Å². The summed E-state index contributed by atoms with van der Waals surface area (Å²) >= 11 is 0. The topological polar surface area (TPSA) is 138 Å². The first-order chi connectivity index (χ1) is 18.8. The van der Waals surface area contributed by atoms with Crippen molar-refractivity contribution in [1.82, 2.24) is 20.6 Å². The highest BCUT2D eigenvalue weighted by atomic mass is 32.2. The minimum absolute atomic E-state index is 0.0100. The van der Waals surface area contributed by atoms with Crippen molar-refractivity contribution >= 4 is 22.2 Å². The number of rotatable bonds is 10. The maximum Gasteiger partial charge on any atom is 0.391 e. The van der Waals surface area contributed by atoms with Gasteiger partial charge in [-0.3, -0.25) is 19.6 Å². The van der Waals surface area contributed by atoms with Crippen molar-refractivity contribution in [3.05, 3.63) is 53.6 Å². The number of alkyl halides is 3. The summed E-state index contributed by atoms with van der Waals surface area (Å²) in [6, 6.07) is 6.44. The van der Waals surface area contributed by atoms with Gasteiger partial charge < -0.3 is 15.7 Å². The number of carbonyl (C=O) groups excluding carboxylic acids is 1. The number of hydrogen-bond acceptors (Lipinski definition) is 7. The number of carbonyl (C=O) groups is 2. The van der Waals surface area contributed by atoms with E-state index in [1.165, 1.54) is 18.5 Å². The van der Waals surface area contributed by atoms with Crippen LogP contribution in [0.15, 0.2) is 41.6 Å². The summed E-state index contributed by atoms with van der Waals surface area (Å²) in [6.45, 7) is 6.17. The van der Waals surface area contributed by atoms with Gasteiger partial charge in [-0.15, -0.1) is 0 Å². The van der Waals surface area contributed by atoms with Crippen LogP contribution in [0.1, 0.15) is 74.2 Å². The molecule has 0 aliphatic heterocycles. The van der Waals surface area contributed by atoms with Crippen LogP contribution in [0.5, 0.6) is 0 Å². The van der Waals surface area contributed by atoms with Gasteiger partial charge in [0.2, 0.25) is 0 Å². The van der Waals surface area contributed by atoms with E-state index in [-0.39, 0.29) is 60.3 Å². The number of nitrogens with one attached hydrogen (secondary N) is 2. The summed E-state index contributed by atoms with van der Waals surface area (Å²) in [6.07, 6.45) is 0.165. The fourth-order valence-electron chi connectivity index (χ4n) is 4.53. The first-order valence-electron chi connectivity index (χ1n) is 13.1. The monoisotopic (exact) mass is 586 g/mol. The summed E-state index contributed by atoms with van der Waals surface area (Å²) < 4.78 is 62.5. The quantitative estimate of drug-likeness (QED) is 0.345. The molecule has 222 valence electrons. The van der Waals surface area contributed by atoms with Gasteiger partial charge in [-0.25, -0.2) is 8.42 Å². The van der Waals surface area contributed by atoms with E-state index in [0.717, 1.165) is 5.69 Å². The largest absolute Gasteiger partial charge is 0.483 e. The van der Waals surface area contributed by atoms with Crippen molar-refractivity contribution in [3.8, 4) is 0 Å². The molecule has 1 atom stereocenters. The molecule has 0 radical (unpaired) electrons. The lowest BCUT2D eigenvalue weighted by molar-refractivity contribution is -0.183. The number of carboxylic acid groups (broad SMARTS) is 1. The van der Waals surface area contributed by atoms with Crippen molar-refractivity contribution in [2.75, 3.05) is 12.3 Å². The molecule has 9 nitrogen and oxygen atoms in total. The van der Waals surface area contributed by atoms with Crippen molar-refractivity contribution in [3.63, 3.8) is 0 Å². The highest BCUT2D eigenvalue weighted by Crippen LogP contribution is 2.39. The molecule has 1 aliphatic rings. The lowest BCUT2D eigenvalue weighted by Gasteiger charge is -2.31. The van der Waals surface area contributed by atoms with Gasteiger partial charge in [-0.2, -0.15) is 13.2 Å². The third kappa shape index (κ3) is 9.84. The molecule has 1 aliphatic carbocycles. The Morgan fingerprint density at radius 2 is 1.75 bits per heavy atom. The Kier molecular flexibility index (Phi) is 12.5. The summed E-state index contributed by atoms with van der Waals surface area (Å²) in [5.74, 6) is -1.12. The molecular formula is C27H37F3N4O5S. The molecule has 3 N–H and O–H groups in total. The standard InChI is InChI=1S/C26H35F3N4O3S.CH2O2/c1-4-37(35,36)22-11-10-21(30-16-22)15-33-25(34)19-7-12-23(31-14-19)24(17(2)3)32-13-18-5-8-20(9-6-18)26(27,28)29;2-1-3/h7,10-12,14,16-18,20,24,32H,4-6,8-9,13,15H2,1-3H3,(H,33,34);1H,(H,2,3). The van der Waals surface area contributed by atoms with Gasteiger partial charge in [0, 0.05) is 12.4 Å². The number of aromatic nitrogens is 2. The average Bonchev–Trinajstić information content (AvgIpc) is 2.92. The number of nitrogens with zero attached hydrogens (tertiary/aromatic N) is 2. The molecule has 0 bridgehead atoms. The van der Waals surface area contributed by atoms with E-state index < -0.39 is 21.9 Å². The van der Waals surface area contributed by atoms with Crippen molar-refractivity contribution < 1.29 is 36.3 Å². The normalized spacial score (nSPS) is 18.4. The van der Waals surface area contributed by atoms with Gasteiger partial charge in [-0.1, -0.05) is 20.8 Å². The maximum absolute atomic E-state index is 12.9. The van der Waals surface area contributed by atoms with Crippen LogP contribution in [-0.2, 0) is 21.2 Å². The number of pyridine rings is 2. The van der Waals surface area contributed by atoms with Gasteiger partial charge in [0.1, 0.15) is 0 Å². The van der Waals surface area contributed by atoms with E-state index in [4.69, 9.17) is 9.90 Å². The van der Waals surface area contributed by atoms with Crippen LogP contribution in [-0.4, -0.2) is 54.3 Å². The predicted octanol–water partition coefficient (Wildman–Crippen LogP) is 4.56. The van der Waals surface area contributed by atoms with E-state index >= 15 is 0 Å². The highest BCUT2D eigenvalue weighted by molar-refractivity contribution is 7.91. The summed E-state index contributed by atoms with van der Waals surface area (Å²) in [7, 11) is -3.33. The van der Waals surface area contributed by atoms with Gasteiger partial charge in [-0.05, 0) is 68.3 Å². The van der Waals surface area contributed by atoms with Crippen molar-refractivity contribution in [2.24, 2.45) is 17.8 Å². The zero-order valence-electron chi connectivity index (χ0n) is 22.8. The molecule has 2 heterocycles. The van der Waals surface area contributed by atoms with Crippen LogP contribution in [0, 0.1) is 17.8 Å². The first kappa shape index (κ1) is 33.1. The molecule has 1 amide bonds. The van der Waals surface area contributed by atoms with Crippen molar-refractivity contribution in [2.45, 2.75) is 70.1 Å². The molecule has 40 heavy (non-hydrogen) atoms. The van der Waals surface area contributed by atoms with E-state index in [2.05, 4.69) is 20.6 Å². The maximum atomic E-state index is 12.9. The Balaban J connectivity index is 0.00000178. The molecule has 0 saturated heterocycles. The third-order valence-corrected chi connectivity index (χ3v) is 8.66. The molecule has 0 spiro atoms. The number of halogens is 3. The number of amides is 1. The Labute approximate surface area is 232 Å². The zero-order chi connectivity index (χ0) is 29.9. The SMILES string of the molecule is CCS(=O)(=O)c1ccc(CNC(=O)c2ccc(C(NCC3CCC(C(F)(F)F)CC3)C(C)C)nc2)nc1.O=CO. The molecular weight excluding hydrogens is 549 g/mol. The second-order valence-electron chi connectivity index (χ2n) is 10.0. The molecule has 2 aromatic rings. The Morgan fingerprint density at radius 3 is 2.23 bits per heavy atom. The minimum Gasteiger partial charge on any atom is -0.483 e. The molecule has 1 saturated carbocycles. The average molecular weight is 587 g/mol. The second kappa shape index (κ2) is 15.1. The van der Waals surface area contributed by atoms with E-state index in [1.807, 2.05) is 13.8 Å². The van der Waals surface area contributed by atoms with Gasteiger partial charge >= 0.3 is 6.18 Å². The minimum atomic E-state index is -4.10. The van der Waals surface area contributed by atoms with Gasteiger partial charge in [0.15, 0.2) is 9.84 Å². The summed E-state index contributed by atoms with van der Waals surface area (Å²) in [5, 5.41) is 13.1. The van der Waals surface area contributed by atoms with Crippen LogP contribution in [0.3, 0.4) is 0 Å². The molecule has 3 rings (SSSR count). The molecule has 1 fully saturated rings. The molecule has 1 unspecified atom stereocenters. The zero-order valence-corrected chi connectivity index (χ0v) is 23.6. The van der Waals surface area contributed by atoms with E-state index in [1.54, 1.807) is 25.1 Å². The van der Waals surface area contributed by atoms with Gasteiger partial charge in [0.25, 0.3) is 12.4 Å². The van der Waals surface area contributed by atoms with Crippen LogP contribution in [0.25, 0.3) is 0 Å². The number of hydrogen-bond donors (Lipinski definition) is 3. The molecule has 13 heteroatoms. The van der Waals surface area contributed by atoms with Gasteiger partial charge in [0.05, 0.1) is 46.1 Å². The Bertz CT molecular complexity index is 1180. The predicted molar refractivity (Wildman–Crippen MR) is 143 cm³/mol. The Hall–Kier alpha value is -3.06. The first-order valence-corrected chi connectivity index (χ1v) is 14.8. The fourth-order valence-corrected chi connectivity index (χ4v) is 5.35. The second-order valence-corrected chi connectivity index (χ2v) is 12.3. The van der Waals surface area contributed by atoms with Crippen LogP contribution in [0.4, 0.5) is 13.2 Å². The summed E-state index contributed by atoms with van der Waals surface area (Å²) in [5.41, 5.74) is 1.67. The smallest absolute Gasteiger partial charge is 0.391 e. The van der Waals surface area contributed by atoms with Crippen LogP contribution in [0.2, 0.25) is 0 Å². The lowest BCUT2D eigenvalue weighted by atomic mass is 9.81. The fraction of sp³-hybridized carbons (Fsp3) is 0.556. The third-order valence-electron chi connectivity index (χ3n) is 6.94. The Morgan fingerprint density at radius 1 is 1.10 bits per heavy atom. The van der Waals surface area contributed by atoms with Crippen molar-refractivity contribution in [1.29, 1.82) is 0 Å². The highest BCUT2D eigenvalue weighted by Gasteiger charge is 2.41. The van der Waals surface area contributed by atoms with Crippen LogP contribution >= 0.6 is 0 Å². The molecule has 2 aromatic heterocycles. The van der Waals surface area contributed by atoms with E-state index in [0.29, 0.717) is 30.6 Å². The molecule has 0 aromatic carbocycles. The lowest BCUT2D eigenvalue weighted by Crippen LogP contribution is -2.35. The number of sulfone groups is 1. The van der Waals surface area contributed by atoms with E-state index in [9.17, 15) is 26.4 Å².